The van der Waals surface area contributed by atoms with Crippen LogP contribution in [-0.4, -0.2) is 67.3 Å². The normalized spacial score (nSPS) is 6.60. The largest absolute Gasteiger partial charge is 0.469 e. The van der Waals surface area contributed by atoms with Crippen molar-refractivity contribution in [2.45, 2.75) is 13.3 Å². The van der Waals surface area contributed by atoms with Crippen LogP contribution in [0.1, 0.15) is 13.3 Å². The summed E-state index contributed by atoms with van der Waals surface area (Å²) in [5.41, 5.74) is 0. The van der Waals surface area contributed by atoms with Gasteiger partial charge in [-0.2, -0.15) is 0 Å². The number of esters is 1. The van der Waals surface area contributed by atoms with Crippen LogP contribution >= 0.6 is 0 Å². The molecule has 0 aromatic heterocycles. The predicted molar refractivity (Wildman–Crippen MR) is 38.8 cm³/mol. The first-order valence-electron chi connectivity index (χ1n) is 2.23. The molecule has 5 heteroatoms. The average molecular weight is 146 g/mol. The summed E-state index contributed by atoms with van der Waals surface area (Å²) in [5, 5.41) is 0. The molecule has 48 valence electrons. The van der Waals surface area contributed by atoms with Crippen LogP contribution in [0.15, 0.2) is 0 Å². The molecule has 0 amide bonds. The van der Waals surface area contributed by atoms with Gasteiger partial charge < -0.3 is 4.74 Å². The summed E-state index contributed by atoms with van der Waals surface area (Å²) in [6, 6.07) is 0. The second-order valence-electron chi connectivity index (χ2n) is 1.45. The van der Waals surface area contributed by atoms with Crippen LogP contribution in [0, 0.1) is 0 Å². The summed E-state index contributed by atoms with van der Waals surface area (Å²) in [4.78, 5) is 20.3. The second-order valence-corrected chi connectivity index (χ2v) is 1.45. The maximum absolute atomic E-state index is 10.2. The van der Waals surface area contributed by atoms with Crippen LogP contribution in [0.2, 0.25) is 0 Å². The Balaban J connectivity index is -0.000000245. The van der Waals surface area contributed by atoms with Gasteiger partial charge in [-0.05, 0) is 6.92 Å². The fourth-order valence-corrected chi connectivity index (χ4v) is 0.275. The van der Waals surface area contributed by atoms with Crippen molar-refractivity contribution in [3.63, 3.8) is 0 Å². The van der Waals surface area contributed by atoms with Gasteiger partial charge in [0, 0.05) is 48.4 Å². The van der Waals surface area contributed by atoms with Gasteiger partial charge in [0.15, 0.2) is 0 Å². The molecular formula is C5H8LiNaO3. The molecule has 0 aromatic carbocycles. The summed E-state index contributed by atoms with van der Waals surface area (Å²) in [5.74, 6) is -0.644. The van der Waals surface area contributed by atoms with E-state index in [1.807, 2.05) is 0 Å². The number of hydrogen-bond acceptors (Lipinski definition) is 3. The molecule has 0 rings (SSSR count). The molecule has 0 bridgehead atoms. The van der Waals surface area contributed by atoms with Crippen molar-refractivity contribution < 1.29 is 14.3 Å². The van der Waals surface area contributed by atoms with Gasteiger partial charge in [-0.25, -0.2) is 0 Å². The van der Waals surface area contributed by atoms with Gasteiger partial charge in [-0.1, -0.05) is 0 Å². The molecule has 2 radical (unpaired) electrons. The maximum Gasteiger partial charge on any atom is 0.313 e. The van der Waals surface area contributed by atoms with Gasteiger partial charge >= 0.3 is 5.97 Å². The average Bonchev–Trinajstić information content (AvgIpc) is 1.65. The molecule has 0 aliphatic heterocycles. The molecule has 0 saturated carbocycles. The van der Waals surface area contributed by atoms with Crippen molar-refractivity contribution in [1.82, 2.24) is 0 Å². The van der Waals surface area contributed by atoms with Crippen LogP contribution in [0.3, 0.4) is 0 Å². The number of carbonyl (C=O) groups is 2. The van der Waals surface area contributed by atoms with Crippen molar-refractivity contribution >= 4 is 60.2 Å². The molecule has 10 heavy (non-hydrogen) atoms. The molecule has 0 spiro atoms. The minimum atomic E-state index is -0.475. The minimum absolute atomic E-state index is 0. The number of ketones is 1. The predicted octanol–water partition coefficient (Wildman–Crippen LogP) is -0.623. The van der Waals surface area contributed by atoms with E-state index in [0.717, 1.165) is 0 Å². The van der Waals surface area contributed by atoms with Crippen molar-refractivity contribution in [2.24, 2.45) is 0 Å². The molecular weight excluding hydrogens is 138 g/mol. The van der Waals surface area contributed by atoms with Crippen molar-refractivity contribution in [1.29, 1.82) is 0 Å². The Hall–Kier alpha value is 0.737. The Kier molecular flexibility index (Phi) is 16.6. The summed E-state index contributed by atoms with van der Waals surface area (Å²) in [6.45, 7) is 1.34. The third-order valence-electron chi connectivity index (χ3n) is 0.621. The Bertz CT molecular complexity index is 115. The Morgan fingerprint density at radius 1 is 1.40 bits per heavy atom. The van der Waals surface area contributed by atoms with E-state index in [4.69, 9.17) is 0 Å². The number of methoxy groups -OCH3 is 1. The number of hydrogen-bond donors (Lipinski definition) is 0. The summed E-state index contributed by atoms with van der Waals surface area (Å²) < 4.78 is 4.20. The Morgan fingerprint density at radius 3 is 1.90 bits per heavy atom. The van der Waals surface area contributed by atoms with Gasteiger partial charge in [0.25, 0.3) is 0 Å². The van der Waals surface area contributed by atoms with E-state index in [-0.39, 0.29) is 60.6 Å². The number of carbonyl (C=O) groups excluding carboxylic acids is 2. The quantitative estimate of drug-likeness (QED) is 0.296. The minimum Gasteiger partial charge on any atom is -0.469 e. The summed E-state index contributed by atoms with van der Waals surface area (Å²) >= 11 is 0. The second kappa shape index (κ2) is 9.74. The first kappa shape index (κ1) is 17.0. The number of rotatable bonds is 2. The van der Waals surface area contributed by atoms with E-state index in [9.17, 15) is 9.59 Å². The molecule has 0 N–H and O–H groups in total. The Morgan fingerprint density at radius 2 is 1.80 bits per heavy atom. The SMILES string of the molecule is COC(=O)CC(C)=O.[Li].[Na]. The third kappa shape index (κ3) is 11.5. The molecule has 0 saturated heterocycles. The van der Waals surface area contributed by atoms with E-state index in [1.54, 1.807) is 0 Å². The van der Waals surface area contributed by atoms with Crippen LogP contribution in [0.5, 0.6) is 0 Å². The van der Waals surface area contributed by atoms with Crippen LogP contribution in [0.25, 0.3) is 0 Å². The fourth-order valence-electron chi connectivity index (χ4n) is 0.275. The molecule has 0 fully saturated rings. The third-order valence-corrected chi connectivity index (χ3v) is 0.621. The van der Waals surface area contributed by atoms with Crippen LogP contribution < -0.4 is 0 Å². The van der Waals surface area contributed by atoms with Crippen molar-refractivity contribution in [3.8, 4) is 0 Å². The van der Waals surface area contributed by atoms with Gasteiger partial charge in [-0.3, -0.25) is 9.59 Å². The fraction of sp³-hybridized carbons (Fsp3) is 0.600. The van der Waals surface area contributed by atoms with E-state index in [0.29, 0.717) is 0 Å². The van der Waals surface area contributed by atoms with E-state index < -0.39 is 5.97 Å². The molecule has 0 heterocycles. The number of Topliss-reactive ketones (excluding diaryl/α,β-unsaturated/α-hetero) is 1. The monoisotopic (exact) mass is 146 g/mol. The standard InChI is InChI=1S/C5H8O3.Li.Na/c1-4(6)3-5(7)8-2;;/h3H2,1-2H3;;. The van der Waals surface area contributed by atoms with Crippen LogP contribution in [0.4, 0.5) is 0 Å². The molecule has 0 unspecified atom stereocenters. The molecule has 0 aliphatic rings. The molecule has 0 atom stereocenters. The van der Waals surface area contributed by atoms with Crippen molar-refractivity contribution in [3.05, 3.63) is 0 Å². The van der Waals surface area contributed by atoms with E-state index >= 15 is 0 Å². The molecule has 0 aliphatic carbocycles. The zero-order valence-electron chi connectivity index (χ0n) is 6.93. The first-order chi connectivity index (χ1) is 3.66. The maximum atomic E-state index is 10.2. The zero-order chi connectivity index (χ0) is 6.57. The van der Waals surface area contributed by atoms with Crippen molar-refractivity contribution in [2.75, 3.05) is 7.11 Å². The number of ether oxygens (including phenoxy) is 1. The van der Waals surface area contributed by atoms with E-state index in [2.05, 4.69) is 4.74 Å². The van der Waals surface area contributed by atoms with Crippen LogP contribution in [-0.2, 0) is 14.3 Å². The van der Waals surface area contributed by atoms with Gasteiger partial charge in [-0.15, -0.1) is 0 Å². The van der Waals surface area contributed by atoms with Gasteiger partial charge in [0.05, 0.1) is 7.11 Å². The van der Waals surface area contributed by atoms with Gasteiger partial charge in [0.2, 0.25) is 0 Å². The summed E-state index contributed by atoms with van der Waals surface area (Å²) in [6.07, 6.45) is -0.115. The molecule has 3 nitrogen and oxygen atoms in total. The van der Waals surface area contributed by atoms with E-state index in [1.165, 1.54) is 14.0 Å². The smallest absolute Gasteiger partial charge is 0.313 e. The molecule has 0 aromatic rings. The Labute approximate surface area is 94.3 Å². The topological polar surface area (TPSA) is 43.4 Å². The summed E-state index contributed by atoms with van der Waals surface area (Å²) in [7, 11) is 1.26. The van der Waals surface area contributed by atoms with Gasteiger partial charge in [0.1, 0.15) is 12.2 Å². The first-order valence-corrected chi connectivity index (χ1v) is 2.23. The zero-order valence-corrected chi connectivity index (χ0v) is 8.93.